The number of nitrogens with one attached hydrogen (secondary N) is 1. The maximum Gasteiger partial charge on any atom is 0.307 e. The highest BCUT2D eigenvalue weighted by Crippen LogP contribution is 2.32. The molecule has 148 valence electrons. The summed E-state index contributed by atoms with van der Waals surface area (Å²) in [5, 5.41) is 13.2. The van der Waals surface area contributed by atoms with Gasteiger partial charge in [0.1, 0.15) is 5.01 Å². The normalized spacial score (nSPS) is 19.0. The summed E-state index contributed by atoms with van der Waals surface area (Å²) in [6.45, 7) is 4.00. The number of carbonyl (C=O) groups excluding carboxylic acids is 1. The minimum atomic E-state index is -0.921. The van der Waals surface area contributed by atoms with Crippen LogP contribution in [0, 0.1) is 18.8 Å². The van der Waals surface area contributed by atoms with Gasteiger partial charge in [-0.2, -0.15) is 0 Å². The molecule has 2 aromatic carbocycles. The van der Waals surface area contributed by atoms with Crippen molar-refractivity contribution in [3.8, 4) is 10.6 Å². The number of allylic oxidation sites excluding steroid dienone is 1. The zero-order valence-corrected chi connectivity index (χ0v) is 17.1. The molecule has 1 heterocycles. The molecule has 0 unspecified atom stereocenters. The van der Waals surface area contributed by atoms with Crippen molar-refractivity contribution in [2.45, 2.75) is 26.7 Å². The number of carboxylic acid groups (broad SMARTS) is 1. The van der Waals surface area contributed by atoms with E-state index in [-0.39, 0.29) is 5.91 Å². The zero-order valence-electron chi connectivity index (χ0n) is 16.3. The third-order valence-corrected chi connectivity index (χ3v) is 6.38. The number of carboxylic acids is 1. The van der Waals surface area contributed by atoms with Gasteiger partial charge in [0, 0.05) is 11.3 Å². The highest BCUT2D eigenvalue weighted by atomic mass is 32.1. The number of aliphatic carboxylic acids is 1. The summed E-state index contributed by atoms with van der Waals surface area (Å²) in [6, 6.07) is 13.7. The average Bonchev–Trinajstić information content (AvgIpc) is 3.11. The fourth-order valence-electron chi connectivity index (χ4n) is 3.68. The Morgan fingerprint density at radius 3 is 2.62 bits per heavy atom. The molecule has 1 aliphatic rings. The molecule has 2 atom stereocenters. The van der Waals surface area contributed by atoms with Crippen LogP contribution in [0.25, 0.3) is 20.8 Å². The topological polar surface area (TPSA) is 79.3 Å². The van der Waals surface area contributed by atoms with Crippen LogP contribution in [0.3, 0.4) is 0 Å². The SMILES string of the molecule is CC1=C[C@@H](C(=O)Nc2ccc(-c3nc4ccc(C)cc4s3)cc2)[C@@H](C(=O)O)CC1. The lowest BCUT2D eigenvalue weighted by Crippen LogP contribution is -2.34. The molecule has 0 saturated heterocycles. The first-order valence-electron chi connectivity index (χ1n) is 9.59. The quantitative estimate of drug-likeness (QED) is 0.579. The van der Waals surface area contributed by atoms with Gasteiger partial charge in [-0.05, 0) is 68.7 Å². The molecule has 5 nitrogen and oxygen atoms in total. The van der Waals surface area contributed by atoms with Crippen LogP contribution in [-0.4, -0.2) is 22.0 Å². The van der Waals surface area contributed by atoms with E-state index in [1.54, 1.807) is 17.4 Å². The fourth-order valence-corrected chi connectivity index (χ4v) is 4.75. The van der Waals surface area contributed by atoms with E-state index >= 15 is 0 Å². The van der Waals surface area contributed by atoms with Crippen LogP contribution < -0.4 is 5.32 Å². The van der Waals surface area contributed by atoms with Gasteiger partial charge in [0.2, 0.25) is 5.91 Å². The van der Waals surface area contributed by atoms with Gasteiger partial charge >= 0.3 is 5.97 Å². The molecule has 1 aliphatic carbocycles. The van der Waals surface area contributed by atoms with E-state index in [0.29, 0.717) is 12.1 Å². The molecule has 0 radical (unpaired) electrons. The van der Waals surface area contributed by atoms with E-state index in [1.807, 2.05) is 37.3 Å². The maximum absolute atomic E-state index is 12.7. The number of amides is 1. The van der Waals surface area contributed by atoms with Crippen molar-refractivity contribution in [2.75, 3.05) is 5.32 Å². The zero-order chi connectivity index (χ0) is 20.5. The van der Waals surface area contributed by atoms with Gasteiger partial charge in [-0.15, -0.1) is 11.3 Å². The summed E-state index contributed by atoms with van der Waals surface area (Å²) in [5.74, 6) is -2.52. The fraction of sp³-hybridized carbons (Fsp3) is 0.261. The number of aromatic nitrogens is 1. The average molecular weight is 407 g/mol. The molecule has 4 rings (SSSR count). The van der Waals surface area contributed by atoms with Gasteiger partial charge in [-0.3, -0.25) is 9.59 Å². The van der Waals surface area contributed by atoms with Crippen molar-refractivity contribution in [3.05, 3.63) is 59.7 Å². The summed E-state index contributed by atoms with van der Waals surface area (Å²) >= 11 is 1.64. The minimum Gasteiger partial charge on any atom is -0.481 e. The minimum absolute atomic E-state index is 0.278. The van der Waals surface area contributed by atoms with Gasteiger partial charge in [0.15, 0.2) is 0 Å². The Morgan fingerprint density at radius 1 is 1.14 bits per heavy atom. The Bertz CT molecular complexity index is 1110. The molecule has 0 spiro atoms. The van der Waals surface area contributed by atoms with Crippen molar-refractivity contribution >= 4 is 39.1 Å². The second-order valence-corrected chi connectivity index (χ2v) is 8.61. The summed E-state index contributed by atoms with van der Waals surface area (Å²) in [4.78, 5) is 28.9. The van der Waals surface area contributed by atoms with Crippen LogP contribution in [0.1, 0.15) is 25.3 Å². The number of thiazole rings is 1. The number of carbonyl (C=O) groups is 2. The van der Waals surface area contributed by atoms with Crippen molar-refractivity contribution in [3.63, 3.8) is 0 Å². The summed E-state index contributed by atoms with van der Waals surface area (Å²) in [5.41, 5.74) is 4.88. The van der Waals surface area contributed by atoms with Crippen LogP contribution in [0.5, 0.6) is 0 Å². The van der Waals surface area contributed by atoms with Gasteiger partial charge in [-0.25, -0.2) is 4.98 Å². The van der Waals surface area contributed by atoms with Crippen molar-refractivity contribution in [2.24, 2.45) is 11.8 Å². The Labute approximate surface area is 173 Å². The van der Waals surface area contributed by atoms with Crippen molar-refractivity contribution in [1.29, 1.82) is 0 Å². The van der Waals surface area contributed by atoms with E-state index < -0.39 is 17.8 Å². The smallest absolute Gasteiger partial charge is 0.307 e. The number of benzene rings is 2. The molecule has 1 aromatic heterocycles. The van der Waals surface area contributed by atoms with Crippen LogP contribution in [0.4, 0.5) is 5.69 Å². The van der Waals surface area contributed by atoms with Crippen molar-refractivity contribution < 1.29 is 14.7 Å². The lowest BCUT2D eigenvalue weighted by Gasteiger charge is -2.25. The van der Waals surface area contributed by atoms with Crippen molar-refractivity contribution in [1.82, 2.24) is 4.98 Å². The lowest BCUT2D eigenvalue weighted by molar-refractivity contribution is -0.145. The molecule has 1 amide bonds. The van der Waals surface area contributed by atoms with E-state index in [9.17, 15) is 14.7 Å². The Balaban J connectivity index is 1.52. The number of hydrogen-bond donors (Lipinski definition) is 2. The first-order valence-corrected chi connectivity index (χ1v) is 10.4. The Morgan fingerprint density at radius 2 is 1.90 bits per heavy atom. The molecule has 6 heteroatoms. The first-order chi connectivity index (χ1) is 13.9. The maximum atomic E-state index is 12.7. The third kappa shape index (κ3) is 4.07. The van der Waals surface area contributed by atoms with E-state index in [2.05, 4.69) is 29.4 Å². The molecule has 3 aromatic rings. The largest absolute Gasteiger partial charge is 0.481 e. The van der Waals surface area contributed by atoms with Crippen LogP contribution in [0.2, 0.25) is 0 Å². The molecular formula is C23H22N2O3S. The number of nitrogens with zero attached hydrogens (tertiary/aromatic N) is 1. The molecule has 0 bridgehead atoms. The van der Waals surface area contributed by atoms with Gasteiger partial charge < -0.3 is 10.4 Å². The molecule has 0 fully saturated rings. The molecular weight excluding hydrogens is 384 g/mol. The van der Waals surface area contributed by atoms with Gasteiger partial charge in [-0.1, -0.05) is 17.7 Å². The summed E-state index contributed by atoms with van der Waals surface area (Å²) < 4.78 is 1.15. The summed E-state index contributed by atoms with van der Waals surface area (Å²) in [6.07, 6.45) is 3.00. The number of hydrogen-bond acceptors (Lipinski definition) is 4. The number of anilines is 1. The molecule has 0 saturated carbocycles. The number of aryl methyl sites for hydroxylation is 1. The monoisotopic (exact) mass is 406 g/mol. The molecule has 0 aliphatic heterocycles. The van der Waals surface area contributed by atoms with Gasteiger partial charge in [0.25, 0.3) is 0 Å². The van der Waals surface area contributed by atoms with Gasteiger partial charge in [0.05, 0.1) is 22.1 Å². The Hall–Kier alpha value is -2.99. The van der Waals surface area contributed by atoms with Crippen LogP contribution in [0.15, 0.2) is 54.1 Å². The summed E-state index contributed by atoms with van der Waals surface area (Å²) in [7, 11) is 0. The van der Waals surface area contributed by atoms with E-state index in [1.165, 1.54) is 5.56 Å². The molecule has 29 heavy (non-hydrogen) atoms. The molecule has 2 N–H and O–H groups in total. The lowest BCUT2D eigenvalue weighted by atomic mass is 9.80. The number of rotatable bonds is 4. The first kappa shape index (κ1) is 19.3. The second kappa shape index (κ2) is 7.79. The standard InChI is InChI=1S/C23H22N2O3S/c1-13-3-9-17(23(27)28)18(11-13)21(26)24-16-7-5-15(6-8-16)22-25-19-10-4-14(2)12-20(19)29-22/h4-8,10-12,17-18H,3,9H2,1-2H3,(H,24,26)(H,27,28)/t17-,18+/m0/s1. The highest BCUT2D eigenvalue weighted by Gasteiger charge is 2.34. The van der Waals surface area contributed by atoms with E-state index in [0.717, 1.165) is 32.8 Å². The Kier molecular flexibility index (Phi) is 5.20. The van der Waals surface area contributed by atoms with Crippen LogP contribution in [-0.2, 0) is 9.59 Å². The highest BCUT2D eigenvalue weighted by molar-refractivity contribution is 7.21. The number of fused-ring (bicyclic) bond motifs is 1. The predicted molar refractivity (Wildman–Crippen MR) is 116 cm³/mol. The third-order valence-electron chi connectivity index (χ3n) is 5.31. The van der Waals surface area contributed by atoms with E-state index in [4.69, 9.17) is 0 Å². The van der Waals surface area contributed by atoms with Crippen LogP contribution >= 0.6 is 11.3 Å². The second-order valence-electron chi connectivity index (χ2n) is 7.58. The predicted octanol–water partition coefficient (Wildman–Crippen LogP) is 5.27.